The van der Waals surface area contributed by atoms with Crippen LogP contribution in [0.4, 0.5) is 11.4 Å². The van der Waals surface area contributed by atoms with Crippen molar-refractivity contribution in [1.82, 2.24) is 0 Å². The molecule has 0 aliphatic heterocycles. The Morgan fingerprint density at radius 1 is 1.44 bits per heavy atom. The van der Waals surface area contributed by atoms with E-state index in [1.54, 1.807) is 0 Å². The van der Waals surface area contributed by atoms with Crippen LogP contribution in [0.25, 0.3) is 0 Å². The number of benzene rings is 1. The fraction of sp³-hybridized carbons (Fsp3) is 0.500. The lowest BCUT2D eigenvalue weighted by Crippen LogP contribution is -2.21. The lowest BCUT2D eigenvalue weighted by molar-refractivity contribution is 0.161. The Bertz CT molecular complexity index is 342. The van der Waals surface area contributed by atoms with E-state index >= 15 is 0 Å². The zero-order chi connectivity index (χ0) is 12.1. The van der Waals surface area contributed by atoms with Gasteiger partial charge in [-0.1, -0.05) is 13.8 Å². The van der Waals surface area contributed by atoms with Gasteiger partial charge in [0.05, 0.1) is 6.10 Å². The van der Waals surface area contributed by atoms with Gasteiger partial charge in [0.2, 0.25) is 0 Å². The van der Waals surface area contributed by atoms with Crippen molar-refractivity contribution in [3.8, 4) is 0 Å². The smallest absolute Gasteiger partial charge is 0.0715 e. The average Bonchev–Trinajstić information content (AvgIpc) is 2.15. The summed E-state index contributed by atoms with van der Waals surface area (Å²) in [5.41, 5.74) is 7.45. The molecule has 1 aromatic carbocycles. The van der Waals surface area contributed by atoms with E-state index in [9.17, 15) is 5.11 Å². The monoisotopic (exact) mass is 334 g/mol. The fourth-order valence-electron chi connectivity index (χ4n) is 1.53. The van der Waals surface area contributed by atoms with Crippen LogP contribution < -0.4 is 11.1 Å². The minimum absolute atomic E-state index is 0.298. The van der Waals surface area contributed by atoms with E-state index in [4.69, 9.17) is 5.73 Å². The molecule has 0 saturated heterocycles. The summed E-state index contributed by atoms with van der Waals surface area (Å²) < 4.78 is 1.08. The second-order valence-corrected chi connectivity index (χ2v) is 5.57. The van der Waals surface area contributed by atoms with Gasteiger partial charge in [-0.2, -0.15) is 0 Å². The molecule has 0 spiro atoms. The molecule has 0 aromatic heterocycles. The Kier molecular flexibility index (Phi) is 5.34. The minimum Gasteiger partial charge on any atom is -0.399 e. The summed E-state index contributed by atoms with van der Waals surface area (Å²) in [7, 11) is 0. The van der Waals surface area contributed by atoms with Gasteiger partial charge < -0.3 is 16.2 Å². The largest absolute Gasteiger partial charge is 0.399 e. The van der Waals surface area contributed by atoms with Crippen LogP contribution >= 0.6 is 22.6 Å². The van der Waals surface area contributed by atoms with Crippen molar-refractivity contribution in [2.24, 2.45) is 5.92 Å². The van der Waals surface area contributed by atoms with E-state index < -0.39 is 0 Å². The molecule has 1 rings (SSSR count). The van der Waals surface area contributed by atoms with Crippen LogP contribution in [0.1, 0.15) is 20.3 Å². The van der Waals surface area contributed by atoms with Crippen molar-refractivity contribution >= 4 is 34.0 Å². The zero-order valence-electron chi connectivity index (χ0n) is 9.70. The molecule has 0 fully saturated rings. The summed E-state index contributed by atoms with van der Waals surface area (Å²) in [5, 5.41) is 13.0. The van der Waals surface area contributed by atoms with Crippen molar-refractivity contribution in [2.45, 2.75) is 26.4 Å². The fourth-order valence-corrected chi connectivity index (χ4v) is 2.26. The average molecular weight is 334 g/mol. The van der Waals surface area contributed by atoms with Gasteiger partial charge in [-0.25, -0.2) is 0 Å². The van der Waals surface area contributed by atoms with E-state index in [-0.39, 0.29) is 6.10 Å². The maximum Gasteiger partial charge on any atom is 0.0715 e. The Labute approximate surface area is 111 Å². The number of anilines is 2. The van der Waals surface area contributed by atoms with Crippen LogP contribution in [-0.2, 0) is 0 Å². The lowest BCUT2D eigenvalue weighted by atomic mass is 10.1. The van der Waals surface area contributed by atoms with Crippen molar-refractivity contribution in [3.63, 3.8) is 0 Å². The summed E-state index contributed by atoms with van der Waals surface area (Å²) in [6.07, 6.45) is 0.520. The van der Waals surface area contributed by atoms with Crippen LogP contribution in [0, 0.1) is 9.49 Å². The van der Waals surface area contributed by atoms with Gasteiger partial charge in [0, 0.05) is 21.5 Å². The normalized spacial score (nSPS) is 12.8. The molecule has 0 saturated carbocycles. The third kappa shape index (κ3) is 4.57. The van der Waals surface area contributed by atoms with Gasteiger partial charge in [-0.15, -0.1) is 0 Å². The Balaban J connectivity index is 2.48. The first-order valence-corrected chi connectivity index (χ1v) is 6.54. The number of hydrogen-bond acceptors (Lipinski definition) is 3. The Morgan fingerprint density at radius 2 is 2.12 bits per heavy atom. The Morgan fingerprint density at radius 3 is 2.69 bits per heavy atom. The van der Waals surface area contributed by atoms with E-state index in [0.717, 1.165) is 21.4 Å². The molecular formula is C12H19IN2O. The molecule has 90 valence electrons. The summed E-state index contributed by atoms with van der Waals surface area (Å²) in [6, 6.07) is 5.72. The molecule has 0 heterocycles. The van der Waals surface area contributed by atoms with Gasteiger partial charge in [-0.05, 0) is 53.1 Å². The number of aliphatic hydroxyl groups excluding tert-OH is 1. The first-order chi connectivity index (χ1) is 7.49. The lowest BCUT2D eigenvalue weighted by Gasteiger charge is -2.15. The number of aliphatic hydroxyl groups is 1. The van der Waals surface area contributed by atoms with Crippen LogP contribution in [0.3, 0.4) is 0 Å². The molecule has 1 unspecified atom stereocenters. The molecule has 4 N–H and O–H groups in total. The highest BCUT2D eigenvalue weighted by molar-refractivity contribution is 14.1. The SMILES string of the molecule is CC(C)CC(O)CNc1ccc(N)cc1I. The molecule has 16 heavy (non-hydrogen) atoms. The number of nitrogen functional groups attached to an aromatic ring is 1. The summed E-state index contributed by atoms with van der Waals surface area (Å²) in [6.45, 7) is 4.80. The summed E-state index contributed by atoms with van der Waals surface area (Å²) >= 11 is 2.23. The molecular weight excluding hydrogens is 315 g/mol. The molecule has 1 atom stereocenters. The molecule has 1 aromatic rings. The second kappa shape index (κ2) is 6.30. The van der Waals surface area contributed by atoms with Gasteiger partial charge in [-0.3, -0.25) is 0 Å². The maximum absolute atomic E-state index is 9.74. The van der Waals surface area contributed by atoms with E-state index in [0.29, 0.717) is 12.5 Å². The van der Waals surface area contributed by atoms with E-state index in [1.165, 1.54) is 0 Å². The van der Waals surface area contributed by atoms with Crippen molar-refractivity contribution in [3.05, 3.63) is 21.8 Å². The molecule has 0 aliphatic carbocycles. The molecule has 0 aliphatic rings. The van der Waals surface area contributed by atoms with Gasteiger partial charge in [0.25, 0.3) is 0 Å². The minimum atomic E-state index is -0.298. The highest BCUT2D eigenvalue weighted by Gasteiger charge is 2.07. The second-order valence-electron chi connectivity index (χ2n) is 4.40. The molecule has 4 heteroatoms. The Hall–Kier alpha value is -0.490. The topological polar surface area (TPSA) is 58.3 Å². The summed E-state index contributed by atoms with van der Waals surface area (Å²) in [4.78, 5) is 0. The number of nitrogens with one attached hydrogen (secondary N) is 1. The van der Waals surface area contributed by atoms with Crippen molar-refractivity contribution in [1.29, 1.82) is 0 Å². The van der Waals surface area contributed by atoms with Crippen LogP contribution in [-0.4, -0.2) is 17.8 Å². The number of rotatable bonds is 5. The summed E-state index contributed by atoms with van der Waals surface area (Å²) in [5.74, 6) is 0.516. The highest BCUT2D eigenvalue weighted by atomic mass is 127. The first kappa shape index (κ1) is 13.6. The van der Waals surface area contributed by atoms with Crippen molar-refractivity contribution < 1.29 is 5.11 Å². The highest BCUT2D eigenvalue weighted by Crippen LogP contribution is 2.20. The van der Waals surface area contributed by atoms with Gasteiger partial charge >= 0.3 is 0 Å². The number of halogens is 1. The van der Waals surface area contributed by atoms with Crippen LogP contribution in [0.15, 0.2) is 18.2 Å². The predicted octanol–water partition coefficient (Wildman–Crippen LogP) is 2.69. The van der Waals surface area contributed by atoms with E-state index in [2.05, 4.69) is 41.8 Å². The van der Waals surface area contributed by atoms with E-state index in [1.807, 2.05) is 18.2 Å². The third-order valence-corrected chi connectivity index (χ3v) is 3.16. The molecule has 0 amide bonds. The van der Waals surface area contributed by atoms with Crippen LogP contribution in [0.5, 0.6) is 0 Å². The molecule has 0 bridgehead atoms. The molecule has 0 radical (unpaired) electrons. The maximum atomic E-state index is 9.74. The van der Waals surface area contributed by atoms with Gasteiger partial charge in [0.15, 0.2) is 0 Å². The third-order valence-electron chi connectivity index (χ3n) is 2.26. The number of hydrogen-bond donors (Lipinski definition) is 3. The van der Waals surface area contributed by atoms with Gasteiger partial charge in [0.1, 0.15) is 0 Å². The quantitative estimate of drug-likeness (QED) is 0.573. The molecule has 3 nitrogen and oxygen atoms in total. The van der Waals surface area contributed by atoms with Crippen molar-refractivity contribution in [2.75, 3.05) is 17.6 Å². The predicted molar refractivity (Wildman–Crippen MR) is 77.5 cm³/mol. The standard InChI is InChI=1S/C12H19IN2O/c1-8(2)5-10(16)7-15-12-4-3-9(14)6-11(12)13/h3-4,6,8,10,15-16H,5,7,14H2,1-2H3. The van der Waals surface area contributed by atoms with Crippen LogP contribution in [0.2, 0.25) is 0 Å². The number of nitrogens with two attached hydrogens (primary N) is 1. The zero-order valence-corrected chi connectivity index (χ0v) is 11.9. The first-order valence-electron chi connectivity index (χ1n) is 5.46.